The molecule has 140 valence electrons. The molecule has 0 bridgehead atoms. The van der Waals surface area contributed by atoms with Crippen LogP contribution in [0.4, 0.5) is 6.01 Å². The fourth-order valence-electron chi connectivity index (χ4n) is 2.96. The standard InChI is InChI=1S/C17H22N4O4S/c1-3-15-19-20-17(25-15)18-16(22)13-7-9-14(10-8-13)26(23,24)21-11-5-4-6-12(21)2/h7-10,12H,3-6,11H2,1-2H3,(H,18,20,22)/t12-/m1/s1. The number of carbonyl (C=O) groups is 1. The maximum absolute atomic E-state index is 12.8. The molecule has 1 atom stereocenters. The van der Waals surface area contributed by atoms with Crippen molar-refractivity contribution in [2.24, 2.45) is 0 Å². The molecule has 1 aliphatic rings. The second-order valence-electron chi connectivity index (χ2n) is 6.29. The van der Waals surface area contributed by atoms with E-state index in [2.05, 4.69) is 15.5 Å². The molecular weight excluding hydrogens is 356 g/mol. The van der Waals surface area contributed by atoms with Crippen molar-refractivity contribution < 1.29 is 17.6 Å². The Balaban J connectivity index is 1.74. The lowest BCUT2D eigenvalue weighted by atomic mass is 10.1. The third kappa shape index (κ3) is 3.78. The molecule has 3 rings (SSSR count). The summed E-state index contributed by atoms with van der Waals surface area (Å²) >= 11 is 0. The fourth-order valence-corrected chi connectivity index (χ4v) is 4.66. The topological polar surface area (TPSA) is 105 Å². The van der Waals surface area contributed by atoms with Crippen LogP contribution in [0, 0.1) is 0 Å². The minimum Gasteiger partial charge on any atom is -0.408 e. The Kier molecular flexibility index (Phi) is 5.38. The SMILES string of the molecule is CCc1nnc(NC(=O)c2ccc(S(=O)(=O)N3CCCC[C@H]3C)cc2)o1. The molecule has 0 aliphatic carbocycles. The zero-order valence-electron chi connectivity index (χ0n) is 14.8. The van der Waals surface area contributed by atoms with Gasteiger partial charge in [-0.2, -0.15) is 4.31 Å². The largest absolute Gasteiger partial charge is 0.408 e. The molecule has 1 amide bonds. The fraction of sp³-hybridized carbons (Fsp3) is 0.471. The van der Waals surface area contributed by atoms with E-state index in [4.69, 9.17) is 4.42 Å². The summed E-state index contributed by atoms with van der Waals surface area (Å²) in [7, 11) is -3.55. The summed E-state index contributed by atoms with van der Waals surface area (Å²) in [4.78, 5) is 12.4. The van der Waals surface area contributed by atoms with Crippen LogP contribution in [0.5, 0.6) is 0 Å². The molecule has 1 aliphatic heterocycles. The lowest BCUT2D eigenvalue weighted by molar-refractivity contribution is 0.102. The Morgan fingerprint density at radius 3 is 2.62 bits per heavy atom. The zero-order valence-corrected chi connectivity index (χ0v) is 15.6. The highest BCUT2D eigenvalue weighted by Crippen LogP contribution is 2.25. The summed E-state index contributed by atoms with van der Waals surface area (Å²) < 4.78 is 32.4. The molecule has 1 N–H and O–H groups in total. The van der Waals surface area contributed by atoms with Gasteiger partial charge in [-0.05, 0) is 44.0 Å². The number of benzene rings is 1. The number of carbonyl (C=O) groups excluding carboxylic acids is 1. The second kappa shape index (κ2) is 7.55. The minimum atomic E-state index is -3.55. The van der Waals surface area contributed by atoms with E-state index in [1.807, 2.05) is 13.8 Å². The monoisotopic (exact) mass is 378 g/mol. The Labute approximate surface area is 152 Å². The van der Waals surface area contributed by atoms with Crippen molar-refractivity contribution in [2.45, 2.75) is 50.5 Å². The van der Waals surface area contributed by atoms with Gasteiger partial charge in [0.1, 0.15) is 0 Å². The molecule has 0 saturated carbocycles. The molecule has 1 aromatic carbocycles. The van der Waals surface area contributed by atoms with E-state index in [9.17, 15) is 13.2 Å². The molecule has 2 aromatic rings. The third-order valence-electron chi connectivity index (χ3n) is 4.45. The van der Waals surface area contributed by atoms with Gasteiger partial charge in [0.2, 0.25) is 15.9 Å². The summed E-state index contributed by atoms with van der Waals surface area (Å²) in [5, 5.41) is 10.0. The number of aromatic nitrogens is 2. The molecule has 0 unspecified atom stereocenters. The molecule has 8 nitrogen and oxygen atoms in total. The van der Waals surface area contributed by atoms with E-state index in [0.29, 0.717) is 24.4 Å². The summed E-state index contributed by atoms with van der Waals surface area (Å²) in [6.45, 7) is 4.32. The van der Waals surface area contributed by atoms with Gasteiger partial charge in [0, 0.05) is 24.6 Å². The van der Waals surface area contributed by atoms with E-state index < -0.39 is 15.9 Å². The Morgan fingerprint density at radius 1 is 1.27 bits per heavy atom. The van der Waals surface area contributed by atoms with Crippen molar-refractivity contribution >= 4 is 21.9 Å². The summed E-state index contributed by atoms with van der Waals surface area (Å²) in [6, 6.07) is 5.88. The highest BCUT2D eigenvalue weighted by atomic mass is 32.2. The summed E-state index contributed by atoms with van der Waals surface area (Å²) in [5.74, 6) is -0.0102. The van der Waals surface area contributed by atoms with Crippen LogP contribution in [0.2, 0.25) is 0 Å². The molecule has 1 saturated heterocycles. The van der Waals surface area contributed by atoms with Gasteiger partial charge in [-0.25, -0.2) is 8.42 Å². The normalized spacial score (nSPS) is 18.6. The van der Waals surface area contributed by atoms with Crippen molar-refractivity contribution in [3.8, 4) is 0 Å². The number of amides is 1. The number of aryl methyl sites for hydroxylation is 1. The first kappa shape index (κ1) is 18.5. The average molecular weight is 378 g/mol. The predicted molar refractivity (Wildman–Crippen MR) is 95.3 cm³/mol. The number of hydrogen-bond donors (Lipinski definition) is 1. The van der Waals surface area contributed by atoms with E-state index in [-0.39, 0.29) is 17.0 Å². The van der Waals surface area contributed by atoms with Crippen LogP contribution in [0.25, 0.3) is 0 Å². The second-order valence-corrected chi connectivity index (χ2v) is 8.18. The third-order valence-corrected chi connectivity index (χ3v) is 6.48. The van der Waals surface area contributed by atoms with E-state index in [1.165, 1.54) is 28.6 Å². The first-order valence-electron chi connectivity index (χ1n) is 8.67. The van der Waals surface area contributed by atoms with Crippen LogP contribution < -0.4 is 5.32 Å². The molecular formula is C17H22N4O4S. The maximum Gasteiger partial charge on any atom is 0.322 e. The molecule has 1 aromatic heterocycles. The van der Waals surface area contributed by atoms with Crippen molar-refractivity contribution in [1.29, 1.82) is 0 Å². The Bertz CT molecular complexity index is 876. The van der Waals surface area contributed by atoms with Gasteiger partial charge >= 0.3 is 6.01 Å². The highest BCUT2D eigenvalue weighted by Gasteiger charge is 2.30. The van der Waals surface area contributed by atoms with Gasteiger partial charge < -0.3 is 4.42 Å². The van der Waals surface area contributed by atoms with Crippen LogP contribution in [0.1, 0.15) is 49.4 Å². The van der Waals surface area contributed by atoms with E-state index >= 15 is 0 Å². The van der Waals surface area contributed by atoms with E-state index in [1.54, 1.807) is 0 Å². The number of nitrogens with zero attached hydrogens (tertiary/aromatic N) is 3. The van der Waals surface area contributed by atoms with Crippen LogP contribution in [-0.2, 0) is 16.4 Å². The average Bonchev–Trinajstić information content (AvgIpc) is 3.09. The van der Waals surface area contributed by atoms with Crippen LogP contribution in [0.15, 0.2) is 33.6 Å². The number of rotatable bonds is 5. The molecule has 2 heterocycles. The van der Waals surface area contributed by atoms with E-state index in [0.717, 1.165) is 19.3 Å². The van der Waals surface area contributed by atoms with Crippen molar-refractivity contribution in [3.05, 3.63) is 35.7 Å². The first-order chi connectivity index (χ1) is 12.4. The number of hydrogen-bond acceptors (Lipinski definition) is 6. The number of nitrogens with one attached hydrogen (secondary N) is 1. The van der Waals surface area contributed by atoms with Crippen LogP contribution >= 0.6 is 0 Å². The van der Waals surface area contributed by atoms with Crippen LogP contribution in [-0.4, -0.2) is 41.4 Å². The molecule has 1 fully saturated rings. The van der Waals surface area contributed by atoms with Gasteiger partial charge in [0.05, 0.1) is 4.90 Å². The number of anilines is 1. The molecule has 0 radical (unpaired) electrons. The maximum atomic E-state index is 12.8. The highest BCUT2D eigenvalue weighted by molar-refractivity contribution is 7.89. The van der Waals surface area contributed by atoms with Crippen LogP contribution in [0.3, 0.4) is 0 Å². The van der Waals surface area contributed by atoms with Gasteiger partial charge in [-0.15, -0.1) is 5.10 Å². The van der Waals surface area contributed by atoms with Crippen molar-refractivity contribution in [3.63, 3.8) is 0 Å². The van der Waals surface area contributed by atoms with Crippen molar-refractivity contribution in [1.82, 2.24) is 14.5 Å². The number of piperidine rings is 1. The summed E-state index contributed by atoms with van der Waals surface area (Å²) in [6.07, 6.45) is 3.35. The lowest BCUT2D eigenvalue weighted by Crippen LogP contribution is -2.41. The Hall–Kier alpha value is -2.26. The molecule has 26 heavy (non-hydrogen) atoms. The smallest absolute Gasteiger partial charge is 0.322 e. The predicted octanol–water partition coefficient (Wildman–Crippen LogP) is 2.45. The lowest BCUT2D eigenvalue weighted by Gasteiger charge is -2.32. The van der Waals surface area contributed by atoms with Crippen molar-refractivity contribution in [2.75, 3.05) is 11.9 Å². The van der Waals surface area contributed by atoms with Gasteiger partial charge in [0.25, 0.3) is 5.91 Å². The first-order valence-corrected chi connectivity index (χ1v) is 10.1. The quantitative estimate of drug-likeness (QED) is 0.857. The minimum absolute atomic E-state index is 0.0120. The van der Waals surface area contributed by atoms with Gasteiger partial charge in [-0.3, -0.25) is 10.1 Å². The summed E-state index contributed by atoms with van der Waals surface area (Å²) in [5.41, 5.74) is 0.312. The molecule has 0 spiro atoms. The molecule has 9 heteroatoms. The zero-order chi connectivity index (χ0) is 18.7. The van der Waals surface area contributed by atoms with Gasteiger partial charge in [-0.1, -0.05) is 18.4 Å². The Morgan fingerprint density at radius 2 is 2.00 bits per heavy atom. The number of sulfonamides is 1. The van der Waals surface area contributed by atoms with Gasteiger partial charge in [0.15, 0.2) is 0 Å².